The summed E-state index contributed by atoms with van der Waals surface area (Å²) >= 11 is 5.95. The predicted molar refractivity (Wildman–Crippen MR) is 65.6 cm³/mol. The fraction of sp³-hybridized carbons (Fsp3) is 0.462. The molecule has 1 rings (SSSR count). The summed E-state index contributed by atoms with van der Waals surface area (Å²) in [6.07, 6.45) is 1.31. The molecular weight excluding hydrogens is 224 g/mol. The summed E-state index contributed by atoms with van der Waals surface area (Å²) < 4.78 is 0. The van der Waals surface area contributed by atoms with Gasteiger partial charge in [-0.15, -0.1) is 11.6 Å². The van der Waals surface area contributed by atoms with E-state index < -0.39 is 11.5 Å². The first kappa shape index (κ1) is 13.2. The van der Waals surface area contributed by atoms with Crippen molar-refractivity contribution >= 4 is 17.4 Å². The molecule has 0 aliphatic rings. The van der Waals surface area contributed by atoms with Crippen molar-refractivity contribution in [2.45, 2.75) is 37.7 Å². The summed E-state index contributed by atoms with van der Waals surface area (Å²) in [5.74, 6) is -0.0835. The molecule has 0 aliphatic carbocycles. The van der Waals surface area contributed by atoms with Crippen LogP contribution in [0.3, 0.4) is 0 Å². The van der Waals surface area contributed by atoms with Crippen LogP contribution in [0.5, 0.6) is 0 Å². The first-order valence-corrected chi connectivity index (χ1v) is 6.00. The maximum Gasteiger partial charge on any atom is 0.153 e. The molecular formula is C13H17ClO2. The Morgan fingerprint density at radius 2 is 2.00 bits per heavy atom. The zero-order chi connectivity index (χ0) is 12.0. The molecule has 0 bridgehead atoms. The van der Waals surface area contributed by atoms with E-state index in [2.05, 4.69) is 0 Å². The second kappa shape index (κ2) is 6.66. The fourth-order valence-corrected chi connectivity index (χ4v) is 1.74. The monoisotopic (exact) mass is 240 g/mol. The Morgan fingerprint density at radius 3 is 2.56 bits per heavy atom. The number of hydrogen-bond acceptors (Lipinski definition) is 2. The lowest BCUT2D eigenvalue weighted by atomic mass is 10.0. The van der Waals surface area contributed by atoms with E-state index in [0.717, 1.165) is 12.8 Å². The molecule has 1 aromatic rings. The van der Waals surface area contributed by atoms with E-state index in [0.29, 0.717) is 12.0 Å². The Balaban J connectivity index is 2.60. The number of rotatable bonds is 6. The molecule has 0 radical (unpaired) electrons. The van der Waals surface area contributed by atoms with Gasteiger partial charge in [-0.05, 0) is 12.0 Å². The third-order valence-electron chi connectivity index (χ3n) is 2.50. The van der Waals surface area contributed by atoms with Crippen molar-refractivity contribution < 1.29 is 9.90 Å². The molecule has 0 saturated carbocycles. The van der Waals surface area contributed by atoms with E-state index in [1.807, 2.05) is 25.1 Å². The number of carbonyl (C=O) groups is 1. The number of carbonyl (C=O) groups excluding carboxylic acids is 1. The molecule has 0 aromatic heterocycles. The minimum absolute atomic E-state index is 0.0835. The highest BCUT2D eigenvalue weighted by Gasteiger charge is 2.24. The number of halogens is 1. The van der Waals surface area contributed by atoms with Crippen LogP contribution in [0.2, 0.25) is 0 Å². The third kappa shape index (κ3) is 3.62. The molecule has 16 heavy (non-hydrogen) atoms. The van der Waals surface area contributed by atoms with E-state index in [4.69, 9.17) is 11.6 Å². The molecule has 0 amide bonds. The fourth-order valence-electron chi connectivity index (χ4n) is 1.48. The van der Waals surface area contributed by atoms with Crippen molar-refractivity contribution in [3.8, 4) is 0 Å². The van der Waals surface area contributed by atoms with Crippen LogP contribution in [-0.2, 0) is 4.79 Å². The average molecular weight is 241 g/mol. The molecule has 0 spiro atoms. The number of aliphatic hydroxyl groups excluding tert-OH is 1. The van der Waals surface area contributed by atoms with Gasteiger partial charge in [0.25, 0.3) is 0 Å². The maximum atomic E-state index is 11.6. The molecule has 3 heteroatoms. The summed E-state index contributed by atoms with van der Waals surface area (Å²) in [4.78, 5) is 11.6. The van der Waals surface area contributed by atoms with E-state index in [-0.39, 0.29) is 5.78 Å². The highest BCUT2D eigenvalue weighted by Crippen LogP contribution is 2.22. The molecule has 0 aliphatic heterocycles. The number of ketones is 1. The molecule has 2 atom stereocenters. The lowest BCUT2D eigenvalue weighted by Crippen LogP contribution is -2.22. The van der Waals surface area contributed by atoms with Crippen LogP contribution < -0.4 is 0 Å². The normalized spacial score (nSPS) is 14.4. The molecule has 0 saturated heterocycles. The van der Waals surface area contributed by atoms with E-state index in [1.54, 1.807) is 12.1 Å². The SMILES string of the molecule is CCCCC(=O)C(Cl)C(O)c1ccccc1. The Labute approximate surface area is 101 Å². The third-order valence-corrected chi connectivity index (χ3v) is 2.98. The zero-order valence-electron chi connectivity index (χ0n) is 9.40. The van der Waals surface area contributed by atoms with Gasteiger partial charge in [-0.3, -0.25) is 4.79 Å². The second-order valence-electron chi connectivity index (χ2n) is 3.83. The van der Waals surface area contributed by atoms with Gasteiger partial charge in [-0.1, -0.05) is 43.7 Å². The number of hydrogen-bond donors (Lipinski definition) is 1. The smallest absolute Gasteiger partial charge is 0.153 e. The topological polar surface area (TPSA) is 37.3 Å². The summed E-state index contributed by atoms with van der Waals surface area (Å²) in [6, 6.07) is 9.04. The number of Topliss-reactive ketones (excluding diaryl/α,β-unsaturated/α-hetero) is 1. The summed E-state index contributed by atoms with van der Waals surface area (Å²) in [5.41, 5.74) is 0.687. The van der Waals surface area contributed by atoms with Gasteiger partial charge in [0.1, 0.15) is 11.5 Å². The lowest BCUT2D eigenvalue weighted by Gasteiger charge is -2.16. The van der Waals surface area contributed by atoms with Crippen LogP contribution in [0, 0.1) is 0 Å². The van der Waals surface area contributed by atoms with Gasteiger partial charge in [0.05, 0.1) is 0 Å². The Hall–Kier alpha value is -0.860. The largest absolute Gasteiger partial charge is 0.386 e. The molecule has 2 nitrogen and oxygen atoms in total. The highest BCUT2D eigenvalue weighted by molar-refractivity contribution is 6.31. The number of alkyl halides is 1. The summed E-state index contributed by atoms with van der Waals surface area (Å²) in [5, 5.41) is 9.07. The Morgan fingerprint density at radius 1 is 1.38 bits per heavy atom. The van der Waals surface area contributed by atoms with Gasteiger partial charge in [0.2, 0.25) is 0 Å². The molecule has 2 unspecified atom stereocenters. The standard InChI is InChI=1S/C13H17ClO2/c1-2-3-9-11(15)12(14)13(16)10-7-5-4-6-8-10/h4-8,12-13,16H,2-3,9H2,1H3. The zero-order valence-corrected chi connectivity index (χ0v) is 10.2. The number of benzene rings is 1. The second-order valence-corrected chi connectivity index (χ2v) is 4.30. The van der Waals surface area contributed by atoms with Crippen LogP contribution in [0.1, 0.15) is 37.9 Å². The van der Waals surface area contributed by atoms with Crippen LogP contribution in [-0.4, -0.2) is 16.3 Å². The molecule has 1 aromatic carbocycles. The molecule has 0 heterocycles. The van der Waals surface area contributed by atoms with Crippen molar-refractivity contribution in [3.05, 3.63) is 35.9 Å². The number of unbranched alkanes of at least 4 members (excludes halogenated alkanes) is 1. The maximum absolute atomic E-state index is 11.6. The van der Waals surface area contributed by atoms with Gasteiger partial charge < -0.3 is 5.11 Å². The Bertz CT molecular complexity index is 324. The minimum atomic E-state index is -0.910. The van der Waals surface area contributed by atoms with Crippen molar-refractivity contribution in [2.75, 3.05) is 0 Å². The lowest BCUT2D eigenvalue weighted by molar-refractivity contribution is -0.120. The van der Waals surface area contributed by atoms with Crippen molar-refractivity contribution in [1.82, 2.24) is 0 Å². The van der Waals surface area contributed by atoms with Gasteiger partial charge in [0, 0.05) is 6.42 Å². The first-order valence-electron chi connectivity index (χ1n) is 5.56. The summed E-state index contributed by atoms with van der Waals surface area (Å²) in [6.45, 7) is 2.02. The summed E-state index contributed by atoms with van der Waals surface area (Å²) in [7, 11) is 0. The van der Waals surface area contributed by atoms with Crippen LogP contribution >= 0.6 is 11.6 Å². The quantitative estimate of drug-likeness (QED) is 0.776. The van der Waals surface area contributed by atoms with Gasteiger partial charge in [0.15, 0.2) is 5.78 Å². The molecule has 1 N–H and O–H groups in total. The van der Waals surface area contributed by atoms with Gasteiger partial charge in [-0.2, -0.15) is 0 Å². The van der Waals surface area contributed by atoms with Gasteiger partial charge >= 0.3 is 0 Å². The van der Waals surface area contributed by atoms with Crippen molar-refractivity contribution in [1.29, 1.82) is 0 Å². The van der Waals surface area contributed by atoms with Gasteiger partial charge in [-0.25, -0.2) is 0 Å². The van der Waals surface area contributed by atoms with E-state index >= 15 is 0 Å². The van der Waals surface area contributed by atoms with E-state index in [1.165, 1.54) is 0 Å². The van der Waals surface area contributed by atoms with E-state index in [9.17, 15) is 9.90 Å². The first-order chi connectivity index (χ1) is 7.66. The number of aliphatic hydroxyl groups is 1. The van der Waals surface area contributed by atoms with Crippen molar-refractivity contribution in [3.63, 3.8) is 0 Å². The Kier molecular flexibility index (Phi) is 5.50. The predicted octanol–water partition coefficient (Wildman–Crippen LogP) is 3.09. The average Bonchev–Trinajstić information content (AvgIpc) is 2.35. The highest BCUT2D eigenvalue weighted by atomic mass is 35.5. The van der Waals surface area contributed by atoms with Crippen LogP contribution in [0.25, 0.3) is 0 Å². The molecule has 0 fully saturated rings. The van der Waals surface area contributed by atoms with Crippen LogP contribution in [0.15, 0.2) is 30.3 Å². The minimum Gasteiger partial charge on any atom is -0.386 e. The van der Waals surface area contributed by atoms with Crippen LogP contribution in [0.4, 0.5) is 0 Å². The molecule has 88 valence electrons. The van der Waals surface area contributed by atoms with Crippen molar-refractivity contribution in [2.24, 2.45) is 0 Å².